The van der Waals surface area contributed by atoms with Crippen molar-refractivity contribution < 1.29 is 4.57 Å². The zero-order valence-corrected chi connectivity index (χ0v) is 33.2. The minimum absolute atomic E-state index is 0.618. The molecule has 0 amide bonds. The predicted molar refractivity (Wildman–Crippen MR) is 212 cm³/mol. The first-order valence-electron chi connectivity index (χ1n) is 22.3. The minimum Gasteiger partial charge on any atom is -0.247 e. The number of hydrogen-bond acceptors (Lipinski definition) is 0. The molecule has 1 unspecified atom stereocenters. The summed E-state index contributed by atoms with van der Waals surface area (Å²) in [6, 6.07) is 0.618. The fourth-order valence-electron chi connectivity index (χ4n) is 7.84. The van der Waals surface area contributed by atoms with Gasteiger partial charge in [-0.2, -0.15) is 0 Å². The fraction of sp³-hybridized carbons (Fsp3) is 0.933. The van der Waals surface area contributed by atoms with Crippen molar-refractivity contribution in [3.05, 3.63) is 18.2 Å². The Hall–Kier alpha value is -0.790. The molecule has 0 saturated carbocycles. The first-order chi connectivity index (χ1) is 23.2. The number of aromatic nitrogens is 2. The molecule has 2 heteroatoms. The number of imidazole rings is 1. The van der Waals surface area contributed by atoms with Crippen LogP contribution in [0.15, 0.2) is 12.4 Å². The van der Waals surface area contributed by atoms with Gasteiger partial charge in [-0.15, -0.1) is 0 Å². The molecule has 1 rings (SSSR count). The van der Waals surface area contributed by atoms with Gasteiger partial charge in [-0.1, -0.05) is 226 Å². The Bertz CT molecular complexity index is 693. The third-order valence-electron chi connectivity index (χ3n) is 11.1. The molecular formula is C45H89N2+. The summed E-state index contributed by atoms with van der Waals surface area (Å²) in [4.78, 5) is 3.77. The van der Waals surface area contributed by atoms with Gasteiger partial charge in [0.15, 0.2) is 0 Å². The van der Waals surface area contributed by atoms with Crippen molar-refractivity contribution >= 4 is 0 Å². The summed E-state index contributed by atoms with van der Waals surface area (Å²) in [5.74, 6) is 2.25. The Morgan fingerprint density at radius 3 is 1.00 bits per heavy atom. The lowest BCUT2D eigenvalue weighted by Gasteiger charge is -2.17. The van der Waals surface area contributed by atoms with Gasteiger partial charge in [0.2, 0.25) is 0 Å². The SMILES string of the molecule is CCCCCCCCCCCCCCCC(CCCCCCCCCCCCCCC)c1[nH]cc[n+]1C(C)CCCCCCCCC. The fourth-order valence-corrected chi connectivity index (χ4v) is 7.84. The van der Waals surface area contributed by atoms with E-state index in [1.54, 1.807) is 5.82 Å². The van der Waals surface area contributed by atoms with Gasteiger partial charge in [0.05, 0.1) is 12.0 Å². The van der Waals surface area contributed by atoms with E-state index in [2.05, 4.69) is 49.6 Å². The van der Waals surface area contributed by atoms with Crippen LogP contribution >= 0.6 is 0 Å². The first-order valence-corrected chi connectivity index (χ1v) is 22.3. The second-order valence-corrected chi connectivity index (χ2v) is 15.8. The molecule has 278 valence electrons. The standard InChI is InChI=1S/C45H88N2/c1-5-8-11-14-17-19-21-23-25-27-30-33-36-39-44(40-37-34-31-28-26-24-22-20-18-15-12-9-6-2)45-46-41-42-47(45)43(4)38-35-32-29-16-13-10-7-3/h41-44H,5-40H2,1-4H3/p+1. The van der Waals surface area contributed by atoms with Crippen LogP contribution < -0.4 is 4.57 Å². The molecule has 1 aromatic heterocycles. The molecule has 1 N–H and O–H groups in total. The van der Waals surface area contributed by atoms with Gasteiger partial charge in [0.1, 0.15) is 12.4 Å². The number of unbranched alkanes of at least 4 members (excludes halogenated alkanes) is 30. The topological polar surface area (TPSA) is 19.7 Å². The predicted octanol–water partition coefficient (Wildman–Crippen LogP) is 16.1. The van der Waals surface area contributed by atoms with Crippen LogP contribution in [0.1, 0.15) is 277 Å². The second-order valence-electron chi connectivity index (χ2n) is 15.8. The number of aromatic amines is 1. The van der Waals surface area contributed by atoms with Gasteiger partial charge in [-0.25, -0.2) is 9.55 Å². The van der Waals surface area contributed by atoms with Gasteiger partial charge < -0.3 is 0 Å². The van der Waals surface area contributed by atoms with Crippen LogP contribution in [0.4, 0.5) is 0 Å². The van der Waals surface area contributed by atoms with Crippen LogP contribution in [0.2, 0.25) is 0 Å². The average molecular weight is 658 g/mol. The van der Waals surface area contributed by atoms with Crippen molar-refractivity contribution in [1.82, 2.24) is 4.98 Å². The maximum absolute atomic E-state index is 3.77. The lowest BCUT2D eigenvalue weighted by Crippen LogP contribution is -2.41. The van der Waals surface area contributed by atoms with Crippen LogP contribution in [-0.2, 0) is 0 Å². The second kappa shape index (κ2) is 35.1. The Morgan fingerprint density at radius 2 is 0.681 bits per heavy atom. The zero-order valence-electron chi connectivity index (χ0n) is 33.2. The van der Waals surface area contributed by atoms with Crippen molar-refractivity contribution in [2.24, 2.45) is 0 Å². The first kappa shape index (κ1) is 44.2. The largest absolute Gasteiger partial charge is 0.257 e. The van der Waals surface area contributed by atoms with E-state index in [1.807, 2.05) is 0 Å². The van der Waals surface area contributed by atoms with Crippen molar-refractivity contribution in [3.63, 3.8) is 0 Å². The Kier molecular flexibility index (Phi) is 33.0. The molecule has 1 atom stereocenters. The summed E-state index contributed by atoms with van der Waals surface area (Å²) < 4.78 is 2.65. The molecule has 0 aliphatic carbocycles. The van der Waals surface area contributed by atoms with E-state index in [1.165, 1.54) is 231 Å². The van der Waals surface area contributed by atoms with Gasteiger partial charge in [0, 0.05) is 0 Å². The number of hydrogen-bond donors (Lipinski definition) is 1. The zero-order chi connectivity index (χ0) is 33.9. The van der Waals surface area contributed by atoms with Crippen molar-refractivity contribution in [3.8, 4) is 0 Å². The van der Waals surface area contributed by atoms with Gasteiger partial charge in [-0.3, -0.25) is 0 Å². The summed E-state index contributed by atoms with van der Waals surface area (Å²) in [6.07, 6.45) is 56.1. The molecule has 0 aliphatic rings. The molecule has 1 aromatic rings. The molecule has 0 spiro atoms. The summed E-state index contributed by atoms with van der Waals surface area (Å²) in [5.41, 5.74) is 0. The molecular weight excluding hydrogens is 569 g/mol. The molecule has 0 aliphatic heterocycles. The van der Waals surface area contributed by atoms with Gasteiger partial charge >= 0.3 is 0 Å². The van der Waals surface area contributed by atoms with Crippen molar-refractivity contribution in [2.45, 2.75) is 271 Å². The Morgan fingerprint density at radius 1 is 0.404 bits per heavy atom. The highest BCUT2D eigenvalue weighted by Crippen LogP contribution is 2.27. The highest BCUT2D eigenvalue weighted by atomic mass is 15.1. The van der Waals surface area contributed by atoms with E-state index in [0.29, 0.717) is 12.0 Å². The van der Waals surface area contributed by atoms with Crippen LogP contribution in [0.5, 0.6) is 0 Å². The molecule has 2 nitrogen and oxygen atoms in total. The maximum atomic E-state index is 3.77. The van der Waals surface area contributed by atoms with Crippen molar-refractivity contribution in [2.75, 3.05) is 0 Å². The number of rotatable bonds is 38. The molecule has 0 aromatic carbocycles. The quantitative estimate of drug-likeness (QED) is 0.0539. The van der Waals surface area contributed by atoms with Gasteiger partial charge in [0.25, 0.3) is 5.82 Å². The van der Waals surface area contributed by atoms with Crippen LogP contribution in [0.25, 0.3) is 0 Å². The normalized spacial score (nSPS) is 12.4. The monoisotopic (exact) mass is 658 g/mol. The maximum Gasteiger partial charge on any atom is 0.257 e. The summed E-state index contributed by atoms with van der Waals surface area (Å²) >= 11 is 0. The Labute approximate surface area is 297 Å². The number of nitrogens with zero attached hydrogens (tertiary/aromatic N) is 1. The molecule has 0 bridgehead atoms. The summed E-state index contributed by atoms with van der Waals surface area (Å²) in [7, 11) is 0. The molecule has 47 heavy (non-hydrogen) atoms. The van der Waals surface area contributed by atoms with E-state index in [4.69, 9.17) is 0 Å². The third-order valence-corrected chi connectivity index (χ3v) is 11.1. The highest BCUT2D eigenvalue weighted by Gasteiger charge is 2.25. The molecule has 1 heterocycles. The van der Waals surface area contributed by atoms with Crippen LogP contribution in [0, 0.1) is 0 Å². The average Bonchev–Trinajstić information content (AvgIpc) is 3.57. The summed E-state index contributed by atoms with van der Waals surface area (Å²) in [5, 5.41) is 0. The number of nitrogens with one attached hydrogen (secondary N) is 1. The Balaban J connectivity index is 2.38. The molecule has 0 fully saturated rings. The van der Waals surface area contributed by atoms with E-state index in [0.717, 1.165) is 0 Å². The van der Waals surface area contributed by atoms with E-state index >= 15 is 0 Å². The smallest absolute Gasteiger partial charge is 0.247 e. The lowest BCUT2D eigenvalue weighted by molar-refractivity contribution is -0.727. The lowest BCUT2D eigenvalue weighted by atomic mass is 9.92. The summed E-state index contributed by atoms with van der Waals surface area (Å²) in [6.45, 7) is 9.42. The van der Waals surface area contributed by atoms with Crippen molar-refractivity contribution in [1.29, 1.82) is 0 Å². The van der Waals surface area contributed by atoms with Gasteiger partial charge in [-0.05, 0) is 32.6 Å². The molecule has 0 radical (unpaired) electrons. The van der Waals surface area contributed by atoms with Crippen LogP contribution in [0.3, 0.4) is 0 Å². The third kappa shape index (κ3) is 26.7. The van der Waals surface area contributed by atoms with Crippen LogP contribution in [-0.4, -0.2) is 4.98 Å². The van der Waals surface area contributed by atoms with E-state index in [9.17, 15) is 0 Å². The highest BCUT2D eigenvalue weighted by molar-refractivity contribution is 4.90. The van der Waals surface area contributed by atoms with E-state index < -0.39 is 0 Å². The number of H-pyrrole nitrogens is 1. The molecule has 0 saturated heterocycles. The van der Waals surface area contributed by atoms with E-state index in [-0.39, 0.29) is 0 Å². The minimum atomic E-state index is 0.618.